The maximum absolute atomic E-state index is 8.62. The Morgan fingerprint density at radius 1 is 1.20 bits per heavy atom. The second kappa shape index (κ2) is 5.09. The van der Waals surface area contributed by atoms with Gasteiger partial charge >= 0.3 is 0 Å². The number of hydrogen-bond acceptors (Lipinski definition) is 3. The van der Waals surface area contributed by atoms with Gasteiger partial charge in [0.2, 0.25) is 0 Å². The molecule has 0 atom stereocenters. The van der Waals surface area contributed by atoms with Crippen LogP contribution >= 0.6 is 0 Å². The van der Waals surface area contributed by atoms with E-state index < -0.39 is 0 Å². The van der Waals surface area contributed by atoms with Crippen LogP contribution in [-0.4, -0.2) is 17.6 Å². The minimum absolute atomic E-state index is 0.144. The summed E-state index contributed by atoms with van der Waals surface area (Å²) in [6.07, 6.45) is 0. The van der Waals surface area contributed by atoms with Gasteiger partial charge in [-0.1, -0.05) is 57.1 Å². The zero-order valence-electron chi connectivity index (χ0n) is 12.8. The summed E-state index contributed by atoms with van der Waals surface area (Å²) in [5.41, 5.74) is 8.33. The van der Waals surface area contributed by atoms with Crippen molar-refractivity contribution < 1.29 is 5.21 Å². The number of nitrogens with zero attached hydrogens (tertiary/aromatic N) is 1. The van der Waals surface area contributed by atoms with Crippen molar-refractivity contribution in [2.75, 3.05) is 6.54 Å². The summed E-state index contributed by atoms with van der Waals surface area (Å²) in [4.78, 5) is 0. The lowest BCUT2D eigenvalue weighted by Gasteiger charge is -2.07. The second-order valence-corrected chi connectivity index (χ2v) is 6.81. The highest BCUT2D eigenvalue weighted by Crippen LogP contribution is 2.67. The fourth-order valence-electron chi connectivity index (χ4n) is 3.06. The van der Waals surface area contributed by atoms with Crippen molar-refractivity contribution in [1.82, 2.24) is 5.32 Å². The maximum atomic E-state index is 8.62. The SMILES string of the molecule is CC1(C)C(CNCc2ccc(C(N)=NO)cc2)C1(C)C. The number of nitrogens with two attached hydrogens (primary N) is 1. The quantitative estimate of drug-likeness (QED) is 0.335. The lowest BCUT2D eigenvalue weighted by Crippen LogP contribution is -2.19. The van der Waals surface area contributed by atoms with Crippen molar-refractivity contribution in [3.05, 3.63) is 35.4 Å². The van der Waals surface area contributed by atoms with Crippen LogP contribution < -0.4 is 11.1 Å². The fourth-order valence-corrected chi connectivity index (χ4v) is 3.06. The summed E-state index contributed by atoms with van der Waals surface area (Å²) in [5, 5.41) is 15.1. The van der Waals surface area contributed by atoms with Gasteiger partial charge in [0, 0.05) is 12.1 Å². The third kappa shape index (κ3) is 2.52. The van der Waals surface area contributed by atoms with Crippen LogP contribution in [0.15, 0.2) is 29.4 Å². The van der Waals surface area contributed by atoms with Gasteiger partial charge in [0.1, 0.15) is 0 Å². The van der Waals surface area contributed by atoms with Crippen molar-refractivity contribution in [1.29, 1.82) is 0 Å². The van der Waals surface area contributed by atoms with Crippen molar-refractivity contribution in [3.63, 3.8) is 0 Å². The molecule has 0 bridgehead atoms. The van der Waals surface area contributed by atoms with Gasteiger partial charge in [-0.25, -0.2) is 0 Å². The van der Waals surface area contributed by atoms with Gasteiger partial charge in [0.25, 0.3) is 0 Å². The molecule has 110 valence electrons. The molecule has 1 fully saturated rings. The van der Waals surface area contributed by atoms with Gasteiger partial charge in [0.15, 0.2) is 5.84 Å². The Balaban J connectivity index is 1.84. The van der Waals surface area contributed by atoms with E-state index in [1.807, 2.05) is 24.3 Å². The Morgan fingerprint density at radius 2 is 1.75 bits per heavy atom. The lowest BCUT2D eigenvalue weighted by atomic mass is 10.0. The summed E-state index contributed by atoms with van der Waals surface area (Å²) in [5.74, 6) is 0.873. The van der Waals surface area contributed by atoms with Crippen molar-refractivity contribution >= 4 is 5.84 Å². The van der Waals surface area contributed by atoms with Crippen LogP contribution in [0.3, 0.4) is 0 Å². The fraction of sp³-hybridized carbons (Fsp3) is 0.562. The first-order chi connectivity index (χ1) is 9.30. The van der Waals surface area contributed by atoms with Crippen LogP contribution in [0.1, 0.15) is 38.8 Å². The molecule has 4 heteroatoms. The maximum Gasteiger partial charge on any atom is 0.170 e. The lowest BCUT2D eigenvalue weighted by molar-refractivity contribution is 0.318. The Bertz CT molecular complexity index is 489. The molecule has 0 heterocycles. The van der Waals surface area contributed by atoms with E-state index in [9.17, 15) is 0 Å². The molecule has 0 aliphatic heterocycles. The Morgan fingerprint density at radius 3 is 2.20 bits per heavy atom. The van der Waals surface area contributed by atoms with Gasteiger partial charge in [-0.3, -0.25) is 0 Å². The summed E-state index contributed by atoms with van der Waals surface area (Å²) in [6.45, 7) is 11.2. The third-order valence-electron chi connectivity index (χ3n) is 5.35. The molecule has 0 radical (unpaired) electrons. The molecule has 1 aliphatic carbocycles. The first-order valence-corrected chi connectivity index (χ1v) is 7.08. The smallest absolute Gasteiger partial charge is 0.170 e. The predicted molar refractivity (Wildman–Crippen MR) is 81.7 cm³/mol. The molecule has 4 nitrogen and oxygen atoms in total. The normalized spacial score (nSPS) is 20.9. The first kappa shape index (κ1) is 14.9. The molecular weight excluding hydrogens is 250 g/mol. The van der Waals surface area contributed by atoms with Crippen LogP contribution in [-0.2, 0) is 6.54 Å². The van der Waals surface area contributed by atoms with E-state index in [1.165, 1.54) is 5.56 Å². The highest BCUT2D eigenvalue weighted by molar-refractivity contribution is 5.96. The molecule has 20 heavy (non-hydrogen) atoms. The van der Waals surface area contributed by atoms with E-state index in [-0.39, 0.29) is 5.84 Å². The topological polar surface area (TPSA) is 70.6 Å². The molecule has 0 amide bonds. The summed E-state index contributed by atoms with van der Waals surface area (Å²) in [7, 11) is 0. The first-order valence-electron chi connectivity index (χ1n) is 7.08. The molecule has 2 rings (SSSR count). The molecule has 4 N–H and O–H groups in total. The molecule has 1 aliphatic rings. The predicted octanol–water partition coefficient (Wildman–Crippen LogP) is 2.55. The van der Waals surface area contributed by atoms with E-state index in [1.54, 1.807) is 0 Å². The summed E-state index contributed by atoms with van der Waals surface area (Å²) >= 11 is 0. The number of rotatable bonds is 5. The highest BCUT2D eigenvalue weighted by Gasteiger charge is 2.63. The number of benzene rings is 1. The monoisotopic (exact) mass is 275 g/mol. The highest BCUT2D eigenvalue weighted by atomic mass is 16.4. The van der Waals surface area contributed by atoms with Crippen LogP contribution in [0.4, 0.5) is 0 Å². The van der Waals surface area contributed by atoms with Gasteiger partial charge in [-0.2, -0.15) is 0 Å². The standard InChI is InChI=1S/C16H25N3O/c1-15(2)13(16(15,3)4)10-18-9-11-5-7-12(8-6-11)14(17)19-20/h5-8,13,18,20H,9-10H2,1-4H3,(H2,17,19). The molecule has 1 aromatic rings. The van der Waals surface area contributed by atoms with Crippen LogP contribution in [0.25, 0.3) is 0 Å². The van der Waals surface area contributed by atoms with Crippen LogP contribution in [0.5, 0.6) is 0 Å². The molecule has 0 aromatic heterocycles. The molecule has 1 aromatic carbocycles. The van der Waals surface area contributed by atoms with Gasteiger partial charge < -0.3 is 16.3 Å². The van der Waals surface area contributed by atoms with Gasteiger partial charge in [0.05, 0.1) is 0 Å². The Kier molecular flexibility index (Phi) is 3.78. The number of amidine groups is 1. The van der Waals surface area contributed by atoms with E-state index >= 15 is 0 Å². The average molecular weight is 275 g/mol. The zero-order chi connectivity index (χ0) is 15.0. The van der Waals surface area contributed by atoms with E-state index in [4.69, 9.17) is 10.9 Å². The molecule has 0 spiro atoms. The van der Waals surface area contributed by atoms with Crippen molar-refractivity contribution in [3.8, 4) is 0 Å². The molecule has 1 saturated carbocycles. The Labute approximate surface area is 121 Å². The second-order valence-electron chi connectivity index (χ2n) is 6.81. The molecule has 0 saturated heterocycles. The molecule has 0 unspecified atom stereocenters. The van der Waals surface area contributed by atoms with Crippen LogP contribution in [0, 0.1) is 16.7 Å². The van der Waals surface area contributed by atoms with E-state index in [0.29, 0.717) is 10.8 Å². The number of hydrogen-bond donors (Lipinski definition) is 3. The largest absolute Gasteiger partial charge is 0.409 e. The summed E-state index contributed by atoms with van der Waals surface area (Å²) < 4.78 is 0. The van der Waals surface area contributed by atoms with Gasteiger partial charge in [-0.05, 0) is 28.9 Å². The minimum Gasteiger partial charge on any atom is -0.409 e. The Hall–Kier alpha value is -1.55. The average Bonchev–Trinajstić information content (AvgIpc) is 2.81. The molecular formula is C16H25N3O. The number of nitrogens with one attached hydrogen (secondary N) is 1. The third-order valence-corrected chi connectivity index (χ3v) is 5.35. The minimum atomic E-state index is 0.144. The van der Waals surface area contributed by atoms with E-state index in [0.717, 1.165) is 24.6 Å². The van der Waals surface area contributed by atoms with Gasteiger partial charge in [-0.15, -0.1) is 0 Å². The zero-order valence-corrected chi connectivity index (χ0v) is 12.8. The number of oxime groups is 1. The van der Waals surface area contributed by atoms with Crippen LogP contribution in [0.2, 0.25) is 0 Å². The van der Waals surface area contributed by atoms with E-state index in [2.05, 4.69) is 38.2 Å². The van der Waals surface area contributed by atoms with Crippen molar-refractivity contribution in [2.45, 2.75) is 34.2 Å². The van der Waals surface area contributed by atoms with Crippen molar-refractivity contribution in [2.24, 2.45) is 27.6 Å². The summed E-state index contributed by atoms with van der Waals surface area (Å²) in [6, 6.07) is 7.75.